The molecule has 0 bridgehead atoms. The van der Waals surface area contributed by atoms with Crippen LogP contribution in [0.15, 0.2) is 85.1 Å². The first-order valence-corrected chi connectivity index (χ1v) is 10.3. The third kappa shape index (κ3) is 4.36. The van der Waals surface area contributed by atoms with Crippen LogP contribution in [0.2, 0.25) is 0 Å². The number of hydrogen-bond acceptors (Lipinski definition) is 3. The summed E-state index contributed by atoms with van der Waals surface area (Å²) in [4.78, 5) is 17.4. The molecule has 5 heteroatoms. The predicted octanol–water partition coefficient (Wildman–Crippen LogP) is 4.83. The lowest BCUT2D eigenvalue weighted by molar-refractivity contribution is 0.0953. The fourth-order valence-corrected chi connectivity index (χ4v) is 3.73. The summed E-state index contributed by atoms with van der Waals surface area (Å²) in [6.45, 7) is 2.49. The molecule has 0 aliphatic heterocycles. The van der Waals surface area contributed by atoms with Crippen LogP contribution < -0.4 is 10.1 Å². The Kier molecular flexibility index (Phi) is 6.13. The summed E-state index contributed by atoms with van der Waals surface area (Å²) >= 11 is 0. The van der Waals surface area contributed by atoms with Crippen LogP contribution in [0.1, 0.15) is 21.7 Å². The monoisotopic (exact) mass is 411 g/mol. The topological polar surface area (TPSA) is 56.1 Å². The van der Waals surface area contributed by atoms with Crippen molar-refractivity contribution < 1.29 is 9.53 Å². The minimum Gasteiger partial charge on any atom is -0.495 e. The Balaban J connectivity index is 1.69. The van der Waals surface area contributed by atoms with E-state index in [2.05, 4.69) is 14.9 Å². The van der Waals surface area contributed by atoms with Crippen molar-refractivity contribution in [1.29, 1.82) is 0 Å². The number of hydrogen-bond donors (Lipinski definition) is 1. The second-order valence-electron chi connectivity index (χ2n) is 7.23. The van der Waals surface area contributed by atoms with E-state index in [0.717, 1.165) is 34.1 Å². The summed E-state index contributed by atoms with van der Waals surface area (Å²) in [6, 6.07) is 25.7. The lowest BCUT2D eigenvalue weighted by Crippen LogP contribution is -2.26. The van der Waals surface area contributed by atoms with Gasteiger partial charge >= 0.3 is 0 Å². The molecule has 0 radical (unpaired) electrons. The second kappa shape index (κ2) is 9.30. The van der Waals surface area contributed by atoms with Crippen LogP contribution in [-0.2, 0) is 6.42 Å². The van der Waals surface area contributed by atoms with E-state index in [0.29, 0.717) is 18.5 Å². The smallest absolute Gasteiger partial charge is 0.253 e. The Morgan fingerprint density at radius 1 is 1.00 bits per heavy atom. The summed E-state index contributed by atoms with van der Waals surface area (Å²) in [5, 5.41) is 3.04. The zero-order valence-electron chi connectivity index (χ0n) is 17.7. The van der Waals surface area contributed by atoms with Crippen molar-refractivity contribution in [1.82, 2.24) is 14.9 Å². The summed E-state index contributed by atoms with van der Waals surface area (Å²) in [7, 11) is 1.66. The van der Waals surface area contributed by atoms with Gasteiger partial charge in [0, 0.05) is 30.6 Å². The van der Waals surface area contributed by atoms with Crippen molar-refractivity contribution in [2.75, 3.05) is 13.7 Å². The Bertz CT molecular complexity index is 1170. The molecule has 5 nitrogen and oxygen atoms in total. The van der Waals surface area contributed by atoms with Gasteiger partial charge in [0.05, 0.1) is 24.1 Å². The van der Waals surface area contributed by atoms with Gasteiger partial charge < -0.3 is 14.6 Å². The quantitative estimate of drug-likeness (QED) is 0.474. The average Bonchev–Trinajstić information content (AvgIpc) is 3.17. The minimum atomic E-state index is -0.0979. The van der Waals surface area contributed by atoms with Crippen molar-refractivity contribution in [2.45, 2.75) is 13.3 Å². The van der Waals surface area contributed by atoms with E-state index in [9.17, 15) is 4.79 Å². The van der Waals surface area contributed by atoms with E-state index in [-0.39, 0.29) is 5.91 Å². The fraction of sp³-hybridized carbons (Fsp3) is 0.154. The van der Waals surface area contributed by atoms with Gasteiger partial charge in [-0.1, -0.05) is 48.5 Å². The Morgan fingerprint density at radius 3 is 2.48 bits per heavy atom. The van der Waals surface area contributed by atoms with Gasteiger partial charge in [0.15, 0.2) is 0 Å². The molecule has 0 aliphatic rings. The average molecular weight is 412 g/mol. The number of aromatic nitrogens is 2. The number of methoxy groups -OCH3 is 1. The summed E-state index contributed by atoms with van der Waals surface area (Å²) < 4.78 is 7.69. The number of para-hydroxylation sites is 2. The van der Waals surface area contributed by atoms with Crippen LogP contribution in [0.3, 0.4) is 0 Å². The third-order valence-electron chi connectivity index (χ3n) is 5.28. The molecular formula is C26H25N3O2. The molecule has 0 unspecified atom stereocenters. The molecule has 4 rings (SSSR count). The highest BCUT2D eigenvalue weighted by Gasteiger charge is 2.21. The predicted molar refractivity (Wildman–Crippen MR) is 123 cm³/mol. The molecule has 0 saturated carbocycles. The van der Waals surface area contributed by atoms with E-state index in [1.807, 2.05) is 85.8 Å². The summed E-state index contributed by atoms with van der Waals surface area (Å²) in [6.07, 6.45) is 2.45. The highest BCUT2D eigenvalue weighted by atomic mass is 16.5. The van der Waals surface area contributed by atoms with Crippen LogP contribution in [0.25, 0.3) is 16.9 Å². The molecule has 2 heterocycles. The van der Waals surface area contributed by atoms with E-state index < -0.39 is 0 Å². The number of carbonyl (C=O) groups excluding carboxylic acids is 1. The lowest BCUT2D eigenvalue weighted by Gasteiger charge is -2.15. The number of amides is 1. The third-order valence-corrected chi connectivity index (χ3v) is 5.28. The van der Waals surface area contributed by atoms with Gasteiger partial charge in [0.2, 0.25) is 0 Å². The number of rotatable bonds is 7. The van der Waals surface area contributed by atoms with Gasteiger partial charge in [0.25, 0.3) is 5.91 Å². The molecule has 156 valence electrons. The number of nitrogens with one attached hydrogen (secondary N) is 1. The molecular weight excluding hydrogens is 386 g/mol. The van der Waals surface area contributed by atoms with Crippen LogP contribution >= 0.6 is 0 Å². The Labute approximate surface area is 182 Å². The maximum absolute atomic E-state index is 13.1. The van der Waals surface area contributed by atoms with E-state index in [4.69, 9.17) is 4.74 Å². The minimum absolute atomic E-state index is 0.0979. The number of nitrogens with zero attached hydrogens (tertiary/aromatic N) is 2. The first-order valence-electron chi connectivity index (χ1n) is 10.3. The number of pyridine rings is 1. The Morgan fingerprint density at radius 2 is 1.74 bits per heavy atom. The molecule has 0 atom stereocenters. The van der Waals surface area contributed by atoms with Crippen molar-refractivity contribution in [3.63, 3.8) is 0 Å². The van der Waals surface area contributed by atoms with Gasteiger partial charge in [0.1, 0.15) is 5.75 Å². The van der Waals surface area contributed by atoms with Gasteiger partial charge in [-0.3, -0.25) is 9.78 Å². The molecule has 31 heavy (non-hydrogen) atoms. The van der Waals surface area contributed by atoms with Gasteiger partial charge in [-0.15, -0.1) is 0 Å². The Hall–Kier alpha value is -3.86. The van der Waals surface area contributed by atoms with Crippen molar-refractivity contribution in [2.24, 2.45) is 0 Å². The van der Waals surface area contributed by atoms with Gasteiger partial charge in [-0.25, -0.2) is 0 Å². The highest BCUT2D eigenvalue weighted by Crippen LogP contribution is 2.33. The SMILES string of the molecule is COc1ccccc1-n1c(-c2ccccc2)cc(C(=O)NCCc2ccccn2)c1C. The van der Waals surface area contributed by atoms with E-state index in [1.165, 1.54) is 0 Å². The van der Waals surface area contributed by atoms with E-state index in [1.54, 1.807) is 13.3 Å². The molecule has 0 spiro atoms. The first-order chi connectivity index (χ1) is 15.2. The van der Waals surface area contributed by atoms with Crippen LogP contribution in [0, 0.1) is 6.92 Å². The van der Waals surface area contributed by atoms with Crippen LogP contribution in [0.4, 0.5) is 0 Å². The maximum atomic E-state index is 13.1. The largest absolute Gasteiger partial charge is 0.495 e. The lowest BCUT2D eigenvalue weighted by atomic mass is 10.1. The van der Waals surface area contributed by atoms with Gasteiger partial charge in [-0.05, 0) is 42.8 Å². The zero-order valence-corrected chi connectivity index (χ0v) is 17.7. The van der Waals surface area contributed by atoms with Crippen molar-refractivity contribution in [3.8, 4) is 22.7 Å². The van der Waals surface area contributed by atoms with E-state index >= 15 is 0 Å². The highest BCUT2D eigenvalue weighted by molar-refractivity contribution is 5.97. The number of ether oxygens (including phenoxy) is 1. The molecule has 1 N–H and O–H groups in total. The molecule has 0 aliphatic carbocycles. The molecule has 0 fully saturated rings. The zero-order chi connectivity index (χ0) is 21.6. The van der Waals surface area contributed by atoms with Gasteiger partial charge in [-0.2, -0.15) is 0 Å². The molecule has 2 aromatic heterocycles. The first kappa shape index (κ1) is 20.4. The van der Waals surface area contributed by atoms with Crippen LogP contribution in [-0.4, -0.2) is 29.1 Å². The van der Waals surface area contributed by atoms with Crippen molar-refractivity contribution in [3.05, 3.63) is 102 Å². The molecule has 0 saturated heterocycles. The number of benzene rings is 2. The molecule has 4 aromatic rings. The van der Waals surface area contributed by atoms with Crippen molar-refractivity contribution >= 4 is 5.91 Å². The standard InChI is InChI=1S/C26H25N3O2/c1-19-22(26(30)28-17-15-21-12-8-9-16-27-21)18-24(20-10-4-3-5-11-20)29(19)23-13-6-7-14-25(23)31-2/h3-14,16,18H,15,17H2,1-2H3,(H,28,30). The number of carbonyl (C=O) groups is 1. The summed E-state index contributed by atoms with van der Waals surface area (Å²) in [5.41, 5.74) is 5.33. The maximum Gasteiger partial charge on any atom is 0.253 e. The van der Waals surface area contributed by atoms with Crippen LogP contribution in [0.5, 0.6) is 5.75 Å². The second-order valence-corrected chi connectivity index (χ2v) is 7.23. The normalized spacial score (nSPS) is 10.6. The molecule has 1 amide bonds. The summed E-state index contributed by atoms with van der Waals surface area (Å²) in [5.74, 6) is 0.653. The fourth-order valence-electron chi connectivity index (χ4n) is 3.73. The molecule has 2 aromatic carbocycles.